The van der Waals surface area contributed by atoms with Gasteiger partial charge < -0.3 is 14.4 Å². The molecule has 1 amide bonds. The highest BCUT2D eigenvalue weighted by Crippen LogP contribution is 2.42. The Labute approximate surface area is 216 Å². The van der Waals surface area contributed by atoms with Crippen molar-refractivity contribution in [2.45, 2.75) is 59.6 Å². The average Bonchev–Trinajstić information content (AvgIpc) is 3.24. The smallest absolute Gasteiger partial charge is 0.251 e. The molecule has 0 bridgehead atoms. The summed E-state index contributed by atoms with van der Waals surface area (Å²) in [5, 5.41) is 10.2. The van der Waals surface area contributed by atoms with E-state index in [1.807, 2.05) is 51.1 Å². The van der Waals surface area contributed by atoms with Gasteiger partial charge in [-0.1, -0.05) is 58.0 Å². The molecule has 0 saturated carbocycles. The van der Waals surface area contributed by atoms with Crippen molar-refractivity contribution in [3.05, 3.63) is 77.2 Å². The lowest BCUT2D eigenvalue weighted by Crippen LogP contribution is -2.46. The van der Waals surface area contributed by atoms with Gasteiger partial charge in [-0.05, 0) is 48.4 Å². The van der Waals surface area contributed by atoms with E-state index in [0.717, 1.165) is 23.8 Å². The Morgan fingerprint density at radius 2 is 1.78 bits per heavy atom. The third-order valence-electron chi connectivity index (χ3n) is 6.25. The van der Waals surface area contributed by atoms with Gasteiger partial charge in [-0.25, -0.2) is 13.8 Å². The summed E-state index contributed by atoms with van der Waals surface area (Å²) >= 11 is 0. The maximum absolute atomic E-state index is 14.7. The van der Waals surface area contributed by atoms with Gasteiger partial charge in [0.25, 0.3) is 5.91 Å². The summed E-state index contributed by atoms with van der Waals surface area (Å²) in [4.78, 5) is 19.4. The number of alkyl halides is 1. The quantitative estimate of drug-likeness (QED) is 0.334. The van der Waals surface area contributed by atoms with Gasteiger partial charge in [0.1, 0.15) is 29.2 Å². The molecule has 1 N–H and O–H groups in total. The molecule has 1 aromatic heterocycles. The van der Waals surface area contributed by atoms with Crippen LogP contribution in [-0.2, 0) is 11.2 Å². The third-order valence-corrected chi connectivity index (χ3v) is 6.25. The first-order valence-corrected chi connectivity index (χ1v) is 12.5. The van der Waals surface area contributed by atoms with E-state index in [2.05, 4.69) is 4.98 Å². The molecule has 8 heteroatoms. The molecule has 37 heavy (non-hydrogen) atoms. The fraction of sp³-hybridized carbons (Fsp3) is 0.448. The van der Waals surface area contributed by atoms with Crippen LogP contribution in [-0.4, -0.2) is 40.2 Å². The van der Waals surface area contributed by atoms with E-state index in [4.69, 9.17) is 4.42 Å². The Kier molecular flexibility index (Phi) is 9.18. The van der Waals surface area contributed by atoms with E-state index < -0.39 is 41.8 Å². The van der Waals surface area contributed by atoms with Crippen LogP contribution in [0.5, 0.6) is 0 Å². The van der Waals surface area contributed by atoms with Crippen molar-refractivity contribution in [2.24, 2.45) is 11.3 Å². The molecule has 3 rings (SSSR count). The van der Waals surface area contributed by atoms with Crippen LogP contribution in [0.3, 0.4) is 0 Å². The SMILES string of the molecule is C[C@H](CF)CCN(C(=O)[C@H](C)O)[C@H](c1nc(-c2cc(F)ccc2F)oc1Cc1ccccc1)C(C)(C)C. The molecule has 0 aliphatic heterocycles. The Morgan fingerprint density at radius 1 is 1.11 bits per heavy atom. The summed E-state index contributed by atoms with van der Waals surface area (Å²) in [6.45, 7) is 8.53. The van der Waals surface area contributed by atoms with Gasteiger partial charge in [0.2, 0.25) is 5.89 Å². The van der Waals surface area contributed by atoms with Gasteiger partial charge in [-0.3, -0.25) is 9.18 Å². The van der Waals surface area contributed by atoms with Gasteiger partial charge in [-0.2, -0.15) is 0 Å². The summed E-state index contributed by atoms with van der Waals surface area (Å²) in [6, 6.07) is 11.8. The molecule has 0 aliphatic carbocycles. The van der Waals surface area contributed by atoms with E-state index in [9.17, 15) is 23.1 Å². The molecule has 0 fully saturated rings. The maximum Gasteiger partial charge on any atom is 0.251 e. The topological polar surface area (TPSA) is 66.6 Å². The number of carbonyl (C=O) groups is 1. The lowest BCUT2D eigenvalue weighted by atomic mass is 9.82. The zero-order chi connectivity index (χ0) is 27.3. The Balaban J connectivity index is 2.21. The molecular weight excluding hydrogens is 481 g/mol. The predicted octanol–water partition coefficient (Wildman–Crippen LogP) is 6.50. The number of carbonyl (C=O) groups excluding carboxylic acids is 1. The monoisotopic (exact) mass is 516 g/mol. The molecule has 0 saturated heterocycles. The van der Waals surface area contributed by atoms with Crippen LogP contribution in [0.1, 0.15) is 64.1 Å². The second-order valence-corrected chi connectivity index (χ2v) is 10.6. The van der Waals surface area contributed by atoms with Gasteiger partial charge in [0.05, 0.1) is 18.3 Å². The molecule has 3 atom stereocenters. The van der Waals surface area contributed by atoms with Crippen LogP contribution in [0.15, 0.2) is 52.9 Å². The van der Waals surface area contributed by atoms with Crippen LogP contribution in [0.25, 0.3) is 11.5 Å². The van der Waals surface area contributed by atoms with Gasteiger partial charge in [0.15, 0.2) is 0 Å². The minimum absolute atomic E-state index is 0.103. The number of amides is 1. The van der Waals surface area contributed by atoms with Crippen molar-refractivity contribution >= 4 is 5.91 Å². The summed E-state index contributed by atoms with van der Waals surface area (Å²) in [5.74, 6) is -1.86. The van der Waals surface area contributed by atoms with Crippen molar-refractivity contribution in [1.82, 2.24) is 9.88 Å². The Bertz CT molecular complexity index is 1190. The van der Waals surface area contributed by atoms with Gasteiger partial charge >= 0.3 is 0 Å². The molecule has 0 aliphatic rings. The van der Waals surface area contributed by atoms with E-state index in [0.29, 0.717) is 24.3 Å². The first kappa shape index (κ1) is 28.4. The van der Waals surface area contributed by atoms with E-state index >= 15 is 0 Å². The van der Waals surface area contributed by atoms with Crippen LogP contribution >= 0.6 is 0 Å². The zero-order valence-electron chi connectivity index (χ0n) is 22.0. The largest absolute Gasteiger partial charge is 0.440 e. The second-order valence-electron chi connectivity index (χ2n) is 10.6. The van der Waals surface area contributed by atoms with E-state index in [-0.39, 0.29) is 23.9 Å². The van der Waals surface area contributed by atoms with E-state index in [1.54, 1.807) is 6.92 Å². The van der Waals surface area contributed by atoms with Crippen molar-refractivity contribution in [1.29, 1.82) is 0 Å². The Morgan fingerprint density at radius 3 is 2.38 bits per heavy atom. The fourth-order valence-corrected chi connectivity index (χ4v) is 4.33. The highest BCUT2D eigenvalue weighted by atomic mass is 19.1. The average molecular weight is 517 g/mol. The molecule has 200 valence electrons. The maximum atomic E-state index is 14.7. The number of benzene rings is 2. The highest BCUT2D eigenvalue weighted by molar-refractivity contribution is 5.80. The minimum atomic E-state index is -1.30. The summed E-state index contributed by atoms with van der Waals surface area (Å²) < 4.78 is 48.1. The van der Waals surface area contributed by atoms with Crippen LogP contribution < -0.4 is 0 Å². The fourth-order valence-electron chi connectivity index (χ4n) is 4.33. The van der Waals surface area contributed by atoms with Crippen molar-refractivity contribution in [3.63, 3.8) is 0 Å². The molecule has 5 nitrogen and oxygen atoms in total. The molecular formula is C29H35F3N2O3. The van der Waals surface area contributed by atoms with E-state index in [1.165, 1.54) is 11.8 Å². The van der Waals surface area contributed by atoms with Crippen LogP contribution in [0.2, 0.25) is 0 Å². The molecule has 3 aromatic rings. The van der Waals surface area contributed by atoms with Crippen LogP contribution in [0.4, 0.5) is 13.2 Å². The number of hydrogen-bond donors (Lipinski definition) is 1. The third kappa shape index (κ3) is 7.01. The normalized spacial score (nSPS) is 14.3. The van der Waals surface area contributed by atoms with Crippen LogP contribution in [0, 0.1) is 23.0 Å². The number of hydrogen-bond acceptors (Lipinski definition) is 4. The lowest BCUT2D eigenvalue weighted by Gasteiger charge is -2.40. The number of aliphatic hydroxyl groups is 1. The van der Waals surface area contributed by atoms with Crippen molar-refractivity contribution in [3.8, 4) is 11.5 Å². The molecule has 0 radical (unpaired) electrons. The molecule has 0 unspecified atom stereocenters. The van der Waals surface area contributed by atoms with Gasteiger partial charge in [0, 0.05) is 13.0 Å². The summed E-state index contributed by atoms with van der Waals surface area (Å²) in [6.07, 6.45) is -0.626. The summed E-state index contributed by atoms with van der Waals surface area (Å²) in [5.41, 5.74) is 0.548. The molecule has 0 spiro atoms. The standard InChI is InChI=1S/C29H35F3N2O3/c1-18(17-30)13-14-34(28(36)19(2)35)26(29(3,4)5)25-24(15-20-9-7-6-8-10-20)37-27(33-25)22-16-21(31)11-12-23(22)32/h6-12,16,18-19,26,35H,13-15,17H2,1-5H3/t18-,19-,26+/m0/s1. The van der Waals surface area contributed by atoms with Crippen molar-refractivity contribution < 1.29 is 27.5 Å². The Hall–Kier alpha value is -3.13. The minimum Gasteiger partial charge on any atom is -0.440 e. The predicted molar refractivity (Wildman–Crippen MR) is 136 cm³/mol. The molecule has 1 heterocycles. The number of halogens is 3. The van der Waals surface area contributed by atoms with Gasteiger partial charge in [-0.15, -0.1) is 0 Å². The highest BCUT2D eigenvalue weighted by Gasteiger charge is 2.40. The zero-order valence-corrected chi connectivity index (χ0v) is 22.0. The lowest BCUT2D eigenvalue weighted by molar-refractivity contribution is -0.145. The number of aromatic nitrogens is 1. The number of rotatable bonds is 10. The molecule has 2 aromatic carbocycles. The number of nitrogens with zero attached hydrogens (tertiary/aromatic N) is 2. The number of oxazole rings is 1. The number of aliphatic hydroxyl groups excluding tert-OH is 1. The second kappa shape index (κ2) is 11.9. The summed E-state index contributed by atoms with van der Waals surface area (Å²) in [7, 11) is 0. The first-order valence-electron chi connectivity index (χ1n) is 12.5. The van der Waals surface area contributed by atoms with Crippen molar-refractivity contribution in [2.75, 3.05) is 13.2 Å². The first-order chi connectivity index (χ1) is 17.4.